The third kappa shape index (κ3) is 2.09. The number of alkyl halides is 1. The van der Waals surface area contributed by atoms with Gasteiger partial charge < -0.3 is 10.1 Å². The highest BCUT2D eigenvalue weighted by molar-refractivity contribution is 5.29. The lowest BCUT2D eigenvalue weighted by molar-refractivity contribution is 0.192. The Morgan fingerprint density at radius 3 is 3.13 bits per heavy atom. The Hall–Kier alpha value is -1.16. The third-order valence-electron chi connectivity index (χ3n) is 2.64. The van der Waals surface area contributed by atoms with Crippen molar-refractivity contribution >= 4 is 0 Å². The minimum Gasteiger partial charge on any atom is -0.492 e. The molecule has 1 atom stereocenters. The fraction of sp³-hybridized carbons (Fsp3) is 0.545. The Morgan fingerprint density at radius 1 is 1.60 bits per heavy atom. The number of pyridine rings is 1. The van der Waals surface area contributed by atoms with Crippen LogP contribution in [0.4, 0.5) is 4.39 Å². The summed E-state index contributed by atoms with van der Waals surface area (Å²) >= 11 is 0. The second kappa shape index (κ2) is 4.14. The predicted octanol–water partition coefficient (Wildman–Crippen LogP) is 1.64. The van der Waals surface area contributed by atoms with Crippen LogP contribution in [0.15, 0.2) is 18.5 Å². The molecule has 1 aliphatic rings. The molecule has 0 bridgehead atoms. The minimum absolute atomic E-state index is 0.365. The number of ether oxygens (including phenoxy) is 1. The molecule has 4 heteroatoms. The fourth-order valence-electron chi connectivity index (χ4n) is 1.82. The molecule has 0 radical (unpaired) electrons. The number of nitrogens with one attached hydrogen (secondary N) is 1. The molecule has 1 N–H and O–H groups in total. The summed E-state index contributed by atoms with van der Waals surface area (Å²) in [6.45, 7) is 3.55. The van der Waals surface area contributed by atoms with E-state index in [0.717, 1.165) is 6.54 Å². The molecular formula is C11H15FN2O. The van der Waals surface area contributed by atoms with Crippen LogP contribution in [-0.4, -0.2) is 24.7 Å². The van der Waals surface area contributed by atoms with E-state index in [-0.39, 0.29) is 0 Å². The molecule has 2 rings (SSSR count). The first-order chi connectivity index (χ1) is 7.24. The van der Waals surface area contributed by atoms with E-state index in [2.05, 4.69) is 10.3 Å². The lowest BCUT2D eigenvalue weighted by Crippen LogP contribution is -2.23. The van der Waals surface area contributed by atoms with Gasteiger partial charge in [-0.05, 0) is 26.0 Å². The third-order valence-corrected chi connectivity index (χ3v) is 2.64. The van der Waals surface area contributed by atoms with Crippen molar-refractivity contribution < 1.29 is 9.13 Å². The van der Waals surface area contributed by atoms with Crippen LogP contribution in [0.2, 0.25) is 0 Å². The summed E-state index contributed by atoms with van der Waals surface area (Å²) in [5.41, 5.74) is -0.668. The molecule has 1 unspecified atom stereocenters. The summed E-state index contributed by atoms with van der Waals surface area (Å²) in [6, 6.07) is 1.74. The molecule has 0 spiro atoms. The van der Waals surface area contributed by atoms with Gasteiger partial charge in [-0.15, -0.1) is 0 Å². The van der Waals surface area contributed by atoms with Gasteiger partial charge in [0.1, 0.15) is 5.75 Å². The molecule has 1 aromatic heterocycles. The van der Waals surface area contributed by atoms with E-state index in [9.17, 15) is 4.39 Å². The molecule has 1 fully saturated rings. The van der Waals surface area contributed by atoms with E-state index < -0.39 is 5.67 Å². The summed E-state index contributed by atoms with van der Waals surface area (Å²) in [6.07, 6.45) is 3.69. The summed E-state index contributed by atoms with van der Waals surface area (Å²) in [5, 5.41) is 3.02. The maximum Gasteiger partial charge on any atom is 0.151 e. The highest BCUT2D eigenvalue weighted by atomic mass is 19.1. The Balaban J connectivity index is 2.23. The van der Waals surface area contributed by atoms with Crippen molar-refractivity contribution in [3.63, 3.8) is 0 Å². The van der Waals surface area contributed by atoms with E-state index in [1.54, 1.807) is 18.5 Å². The van der Waals surface area contributed by atoms with Crippen molar-refractivity contribution in [1.82, 2.24) is 10.3 Å². The molecule has 0 amide bonds. The van der Waals surface area contributed by atoms with Crippen molar-refractivity contribution in [2.45, 2.75) is 19.0 Å². The summed E-state index contributed by atoms with van der Waals surface area (Å²) in [5.74, 6) is 0.638. The quantitative estimate of drug-likeness (QED) is 0.823. The number of hydrogen-bond donors (Lipinski definition) is 1. The highest BCUT2D eigenvalue weighted by Crippen LogP contribution is 2.33. The molecule has 1 saturated heterocycles. The Labute approximate surface area is 88.7 Å². The molecular weight excluding hydrogens is 195 g/mol. The molecule has 3 nitrogen and oxygen atoms in total. The predicted molar refractivity (Wildman–Crippen MR) is 55.7 cm³/mol. The Morgan fingerprint density at radius 2 is 2.47 bits per heavy atom. The molecule has 0 saturated carbocycles. The normalized spacial score (nSPS) is 25.5. The van der Waals surface area contributed by atoms with Crippen molar-refractivity contribution in [1.29, 1.82) is 0 Å². The van der Waals surface area contributed by atoms with Crippen LogP contribution in [0.25, 0.3) is 0 Å². The standard InChI is InChI=1S/C11H15FN2O/c1-2-15-10-5-9(6-14-7-10)11(12)3-4-13-8-11/h5-7,13H,2-4,8H2,1H3. The van der Waals surface area contributed by atoms with Crippen molar-refractivity contribution in [2.75, 3.05) is 19.7 Å². The second-order valence-electron chi connectivity index (χ2n) is 3.73. The van der Waals surface area contributed by atoms with Crippen LogP contribution in [-0.2, 0) is 5.67 Å². The molecule has 1 aliphatic heterocycles. The average molecular weight is 210 g/mol. The molecule has 2 heterocycles. The maximum atomic E-state index is 14.3. The van der Waals surface area contributed by atoms with E-state index in [4.69, 9.17) is 4.74 Å². The number of aromatic nitrogens is 1. The fourth-order valence-corrected chi connectivity index (χ4v) is 1.82. The highest BCUT2D eigenvalue weighted by Gasteiger charge is 2.36. The summed E-state index contributed by atoms with van der Waals surface area (Å²) in [7, 11) is 0. The number of nitrogens with zero attached hydrogens (tertiary/aromatic N) is 1. The first kappa shape index (κ1) is 10.4. The first-order valence-corrected chi connectivity index (χ1v) is 5.22. The van der Waals surface area contributed by atoms with Gasteiger partial charge in [0.2, 0.25) is 0 Å². The van der Waals surface area contributed by atoms with Crippen LogP contribution in [0.5, 0.6) is 5.75 Å². The van der Waals surface area contributed by atoms with Crippen molar-refractivity contribution in [3.8, 4) is 5.75 Å². The van der Waals surface area contributed by atoms with E-state index in [1.807, 2.05) is 6.92 Å². The van der Waals surface area contributed by atoms with E-state index in [0.29, 0.717) is 30.9 Å². The number of rotatable bonds is 3. The molecule has 1 aromatic rings. The van der Waals surface area contributed by atoms with Crippen LogP contribution in [0.1, 0.15) is 18.9 Å². The van der Waals surface area contributed by atoms with Gasteiger partial charge in [0.25, 0.3) is 0 Å². The van der Waals surface area contributed by atoms with E-state index in [1.165, 1.54) is 0 Å². The SMILES string of the molecule is CCOc1cncc(C2(F)CCNC2)c1. The lowest BCUT2D eigenvalue weighted by Gasteiger charge is -2.18. The number of hydrogen-bond acceptors (Lipinski definition) is 3. The zero-order valence-corrected chi connectivity index (χ0v) is 8.79. The molecule has 15 heavy (non-hydrogen) atoms. The van der Waals surface area contributed by atoms with Crippen molar-refractivity contribution in [2.24, 2.45) is 0 Å². The van der Waals surface area contributed by atoms with Gasteiger partial charge >= 0.3 is 0 Å². The van der Waals surface area contributed by atoms with Gasteiger partial charge in [0.15, 0.2) is 5.67 Å². The second-order valence-corrected chi connectivity index (χ2v) is 3.73. The Kier molecular flexibility index (Phi) is 2.86. The van der Waals surface area contributed by atoms with Crippen molar-refractivity contribution in [3.05, 3.63) is 24.0 Å². The smallest absolute Gasteiger partial charge is 0.151 e. The van der Waals surface area contributed by atoms with E-state index >= 15 is 0 Å². The van der Waals surface area contributed by atoms with Gasteiger partial charge in [-0.2, -0.15) is 0 Å². The molecule has 82 valence electrons. The number of halogens is 1. The first-order valence-electron chi connectivity index (χ1n) is 5.22. The zero-order valence-electron chi connectivity index (χ0n) is 8.79. The van der Waals surface area contributed by atoms with Gasteiger partial charge in [-0.1, -0.05) is 0 Å². The zero-order chi connectivity index (χ0) is 10.7. The molecule has 0 aromatic carbocycles. The van der Waals surface area contributed by atoms with Crippen LogP contribution >= 0.6 is 0 Å². The van der Waals surface area contributed by atoms with Crippen LogP contribution < -0.4 is 10.1 Å². The maximum absolute atomic E-state index is 14.3. The topological polar surface area (TPSA) is 34.1 Å². The van der Waals surface area contributed by atoms with Gasteiger partial charge in [-0.3, -0.25) is 4.98 Å². The summed E-state index contributed by atoms with van der Waals surface area (Å²) in [4.78, 5) is 4.00. The lowest BCUT2D eigenvalue weighted by atomic mass is 9.97. The van der Waals surface area contributed by atoms with Gasteiger partial charge in [0.05, 0.1) is 12.8 Å². The largest absolute Gasteiger partial charge is 0.492 e. The summed E-state index contributed by atoms with van der Waals surface area (Å²) < 4.78 is 19.6. The average Bonchev–Trinajstić information content (AvgIpc) is 2.68. The Bertz CT molecular complexity index is 337. The molecule has 0 aliphatic carbocycles. The minimum atomic E-state index is -1.28. The van der Waals surface area contributed by atoms with Crippen LogP contribution in [0, 0.1) is 0 Å². The van der Waals surface area contributed by atoms with Crippen LogP contribution in [0.3, 0.4) is 0 Å². The van der Waals surface area contributed by atoms with Gasteiger partial charge in [-0.25, -0.2) is 4.39 Å². The monoisotopic (exact) mass is 210 g/mol. The van der Waals surface area contributed by atoms with Gasteiger partial charge in [0, 0.05) is 18.3 Å².